The molecule has 0 radical (unpaired) electrons. The molecule has 172 valence electrons. The number of aromatic nitrogens is 3. The maximum Gasteiger partial charge on any atom is 0.338 e. The molecular weight excluding hydrogens is 430 g/mol. The fourth-order valence-corrected chi connectivity index (χ4v) is 3.32. The number of esters is 1. The van der Waals surface area contributed by atoms with Gasteiger partial charge in [0.2, 0.25) is 0 Å². The minimum atomic E-state index is -0.357. The second-order valence-corrected chi connectivity index (χ2v) is 7.62. The van der Waals surface area contributed by atoms with Crippen molar-refractivity contribution in [2.45, 2.75) is 19.8 Å². The number of aromatic hydroxyl groups is 1. The van der Waals surface area contributed by atoms with E-state index in [0.29, 0.717) is 46.5 Å². The summed E-state index contributed by atoms with van der Waals surface area (Å²) in [7, 11) is 1.53. The third-order valence-corrected chi connectivity index (χ3v) is 5.22. The van der Waals surface area contributed by atoms with Crippen molar-refractivity contribution in [1.29, 1.82) is 0 Å². The summed E-state index contributed by atoms with van der Waals surface area (Å²) in [6.07, 6.45) is 1.79. The molecule has 0 atom stereocenters. The Morgan fingerprint density at radius 1 is 0.853 bits per heavy atom. The maximum atomic E-state index is 12.2. The Morgan fingerprint density at radius 2 is 1.50 bits per heavy atom. The number of nitrogens with zero attached hydrogens (tertiary/aromatic N) is 3. The summed E-state index contributed by atoms with van der Waals surface area (Å²) in [6, 6.07) is 21.4. The van der Waals surface area contributed by atoms with Gasteiger partial charge in [-0.1, -0.05) is 55.8 Å². The second-order valence-electron chi connectivity index (χ2n) is 7.62. The van der Waals surface area contributed by atoms with Crippen molar-refractivity contribution in [2.75, 3.05) is 13.7 Å². The zero-order chi connectivity index (χ0) is 23.9. The minimum absolute atomic E-state index is 0.000634. The molecule has 7 nitrogen and oxygen atoms in total. The second kappa shape index (κ2) is 10.6. The fourth-order valence-electron chi connectivity index (χ4n) is 3.32. The van der Waals surface area contributed by atoms with Crippen molar-refractivity contribution in [3.63, 3.8) is 0 Å². The van der Waals surface area contributed by atoms with E-state index in [0.717, 1.165) is 18.4 Å². The van der Waals surface area contributed by atoms with Crippen LogP contribution in [0.1, 0.15) is 30.1 Å². The highest BCUT2D eigenvalue weighted by molar-refractivity contribution is 5.90. The van der Waals surface area contributed by atoms with Crippen LogP contribution in [0.15, 0.2) is 72.8 Å². The first-order valence-corrected chi connectivity index (χ1v) is 11.1. The van der Waals surface area contributed by atoms with Crippen LogP contribution < -0.4 is 4.74 Å². The molecule has 0 amide bonds. The Morgan fingerprint density at radius 3 is 2.12 bits per heavy atom. The zero-order valence-corrected chi connectivity index (χ0v) is 19.1. The summed E-state index contributed by atoms with van der Waals surface area (Å²) < 4.78 is 10.5. The molecule has 0 fully saturated rings. The van der Waals surface area contributed by atoms with Crippen molar-refractivity contribution < 1.29 is 19.4 Å². The number of methoxy groups -OCH3 is 1. The lowest BCUT2D eigenvalue weighted by Gasteiger charge is -2.10. The average molecular weight is 456 g/mol. The first-order valence-electron chi connectivity index (χ1n) is 11.1. The SMILES string of the molecule is CCCCOC(=O)c1ccc(-c2nc(-c3ccccc3)nc(-c3ccc(OC)cc3O)n2)cc1. The Bertz CT molecular complexity index is 1280. The van der Waals surface area contributed by atoms with Crippen LogP contribution in [-0.4, -0.2) is 39.7 Å². The molecule has 1 N–H and O–H groups in total. The van der Waals surface area contributed by atoms with E-state index in [1.54, 1.807) is 36.4 Å². The number of phenols is 1. The van der Waals surface area contributed by atoms with Gasteiger partial charge in [-0.05, 0) is 30.7 Å². The molecule has 0 saturated carbocycles. The van der Waals surface area contributed by atoms with Crippen LogP contribution in [0.3, 0.4) is 0 Å². The normalized spacial score (nSPS) is 10.6. The van der Waals surface area contributed by atoms with Crippen LogP contribution in [0.4, 0.5) is 0 Å². The Labute approximate surface area is 198 Å². The van der Waals surface area contributed by atoms with Gasteiger partial charge in [-0.15, -0.1) is 0 Å². The molecule has 1 heterocycles. The van der Waals surface area contributed by atoms with Crippen molar-refractivity contribution in [3.8, 4) is 45.7 Å². The predicted molar refractivity (Wildman–Crippen MR) is 130 cm³/mol. The molecule has 0 aliphatic heterocycles. The summed E-state index contributed by atoms with van der Waals surface area (Å²) in [5.74, 6) is 1.39. The highest BCUT2D eigenvalue weighted by Crippen LogP contribution is 2.32. The van der Waals surface area contributed by atoms with E-state index < -0.39 is 0 Å². The third-order valence-electron chi connectivity index (χ3n) is 5.22. The Hall–Kier alpha value is -4.26. The largest absolute Gasteiger partial charge is 0.507 e. The van der Waals surface area contributed by atoms with E-state index >= 15 is 0 Å². The number of benzene rings is 3. The van der Waals surface area contributed by atoms with Crippen LogP contribution in [0.2, 0.25) is 0 Å². The van der Waals surface area contributed by atoms with Gasteiger partial charge in [-0.2, -0.15) is 0 Å². The van der Waals surface area contributed by atoms with Gasteiger partial charge in [0.05, 0.1) is 24.8 Å². The average Bonchev–Trinajstić information content (AvgIpc) is 2.89. The number of hydrogen-bond acceptors (Lipinski definition) is 7. The van der Waals surface area contributed by atoms with Crippen LogP contribution in [-0.2, 0) is 4.74 Å². The standard InChI is InChI=1S/C27H25N3O4/c1-3-4-16-34-27(32)20-12-10-19(11-13-20)25-28-24(18-8-6-5-7-9-18)29-26(30-25)22-15-14-21(33-2)17-23(22)31/h5-15,17,31H,3-4,16H2,1-2H3. The zero-order valence-electron chi connectivity index (χ0n) is 19.1. The van der Waals surface area contributed by atoms with Crippen molar-refractivity contribution >= 4 is 5.97 Å². The number of ether oxygens (including phenoxy) is 2. The lowest BCUT2D eigenvalue weighted by Crippen LogP contribution is -2.06. The number of hydrogen-bond donors (Lipinski definition) is 1. The Balaban J connectivity index is 1.74. The number of rotatable bonds is 8. The van der Waals surface area contributed by atoms with Gasteiger partial charge in [0.1, 0.15) is 11.5 Å². The van der Waals surface area contributed by atoms with Crippen LogP contribution in [0.5, 0.6) is 11.5 Å². The molecule has 0 saturated heterocycles. The number of carbonyl (C=O) groups is 1. The molecule has 0 bridgehead atoms. The van der Waals surface area contributed by atoms with Gasteiger partial charge in [0.25, 0.3) is 0 Å². The summed E-state index contributed by atoms with van der Waals surface area (Å²) in [6.45, 7) is 2.45. The van der Waals surface area contributed by atoms with Crippen molar-refractivity contribution in [3.05, 3.63) is 78.4 Å². The topological polar surface area (TPSA) is 94.4 Å². The van der Waals surface area contributed by atoms with E-state index in [1.807, 2.05) is 37.3 Å². The van der Waals surface area contributed by atoms with E-state index in [2.05, 4.69) is 15.0 Å². The number of phenolic OH excluding ortho intramolecular Hbond substituents is 1. The van der Waals surface area contributed by atoms with E-state index in [-0.39, 0.29) is 11.7 Å². The lowest BCUT2D eigenvalue weighted by atomic mass is 10.1. The number of carbonyl (C=O) groups excluding carboxylic acids is 1. The molecule has 7 heteroatoms. The molecule has 1 aromatic heterocycles. The first kappa shape index (κ1) is 22.9. The lowest BCUT2D eigenvalue weighted by molar-refractivity contribution is 0.0499. The smallest absolute Gasteiger partial charge is 0.338 e. The molecule has 0 aliphatic rings. The molecule has 3 aromatic carbocycles. The monoisotopic (exact) mass is 455 g/mol. The Kier molecular flexibility index (Phi) is 7.13. The fraction of sp³-hybridized carbons (Fsp3) is 0.185. The van der Waals surface area contributed by atoms with E-state index in [9.17, 15) is 9.90 Å². The molecule has 0 aliphatic carbocycles. The summed E-state index contributed by atoms with van der Waals surface area (Å²) in [5, 5.41) is 10.6. The summed E-state index contributed by atoms with van der Waals surface area (Å²) in [5.41, 5.74) is 2.44. The first-order chi connectivity index (χ1) is 16.6. The van der Waals surface area contributed by atoms with Gasteiger partial charge in [0.15, 0.2) is 17.5 Å². The maximum absolute atomic E-state index is 12.2. The van der Waals surface area contributed by atoms with Crippen molar-refractivity contribution in [2.24, 2.45) is 0 Å². The predicted octanol–water partition coefficient (Wildman–Crippen LogP) is 5.54. The van der Waals surface area contributed by atoms with Crippen molar-refractivity contribution in [1.82, 2.24) is 15.0 Å². The van der Waals surface area contributed by atoms with Crippen LogP contribution >= 0.6 is 0 Å². The molecule has 4 aromatic rings. The molecular formula is C27H25N3O4. The van der Waals surface area contributed by atoms with Gasteiger partial charge in [-0.25, -0.2) is 19.7 Å². The van der Waals surface area contributed by atoms with Crippen LogP contribution in [0.25, 0.3) is 34.2 Å². The van der Waals surface area contributed by atoms with Gasteiger partial charge >= 0.3 is 5.97 Å². The summed E-state index contributed by atoms with van der Waals surface area (Å²) >= 11 is 0. The minimum Gasteiger partial charge on any atom is -0.507 e. The highest BCUT2D eigenvalue weighted by atomic mass is 16.5. The molecule has 4 rings (SSSR count). The third kappa shape index (κ3) is 5.20. The van der Waals surface area contributed by atoms with Gasteiger partial charge in [0, 0.05) is 17.2 Å². The molecule has 0 spiro atoms. The van der Waals surface area contributed by atoms with Gasteiger partial charge in [-0.3, -0.25) is 0 Å². The molecule has 34 heavy (non-hydrogen) atoms. The summed E-state index contributed by atoms with van der Waals surface area (Å²) in [4.78, 5) is 26.1. The molecule has 0 unspecified atom stereocenters. The van der Waals surface area contributed by atoms with E-state index in [1.165, 1.54) is 13.2 Å². The van der Waals surface area contributed by atoms with Crippen LogP contribution in [0, 0.1) is 0 Å². The van der Waals surface area contributed by atoms with Gasteiger partial charge < -0.3 is 14.6 Å². The quantitative estimate of drug-likeness (QED) is 0.275. The highest BCUT2D eigenvalue weighted by Gasteiger charge is 2.16. The van der Waals surface area contributed by atoms with E-state index in [4.69, 9.17) is 9.47 Å². The number of unbranched alkanes of at least 4 members (excludes halogenated alkanes) is 1.